The van der Waals surface area contributed by atoms with Crippen molar-refractivity contribution in [1.29, 1.82) is 0 Å². The fourth-order valence-electron chi connectivity index (χ4n) is 2.33. The topological polar surface area (TPSA) is 27.3 Å². The van der Waals surface area contributed by atoms with Gasteiger partial charge in [0.25, 0.3) is 0 Å². The molecule has 1 unspecified atom stereocenters. The lowest BCUT2D eigenvalue weighted by Crippen LogP contribution is -2.45. The van der Waals surface area contributed by atoms with Crippen LogP contribution in [0.2, 0.25) is 0 Å². The summed E-state index contributed by atoms with van der Waals surface area (Å²) in [5, 5.41) is 7.05. The minimum Gasteiger partial charge on any atom is -0.314 e. The molecule has 0 spiro atoms. The Morgan fingerprint density at radius 2 is 1.71 bits per heavy atom. The van der Waals surface area contributed by atoms with Gasteiger partial charge in [0.05, 0.1) is 0 Å². The molecule has 1 aliphatic rings. The first-order chi connectivity index (χ1) is 7.99. The molecule has 0 aromatic carbocycles. The summed E-state index contributed by atoms with van der Waals surface area (Å²) in [6, 6.07) is 0.685. The van der Waals surface area contributed by atoms with E-state index in [4.69, 9.17) is 0 Å². The smallest absolute Gasteiger partial charge is 0.0192 e. The van der Waals surface area contributed by atoms with E-state index in [9.17, 15) is 0 Å². The van der Waals surface area contributed by atoms with Gasteiger partial charge >= 0.3 is 0 Å². The molecule has 0 bridgehead atoms. The number of nitrogens with one attached hydrogen (secondary N) is 2. The molecule has 0 saturated carbocycles. The third-order valence-corrected chi connectivity index (χ3v) is 3.41. The first-order valence-corrected chi connectivity index (χ1v) is 7.19. The van der Waals surface area contributed by atoms with Crippen LogP contribution in [0, 0.1) is 0 Å². The normalized spacial score (nSPS) is 20.5. The van der Waals surface area contributed by atoms with Crippen LogP contribution in [0.4, 0.5) is 0 Å². The molecular formula is C14H31N3. The quantitative estimate of drug-likeness (QED) is 0.695. The number of likely N-dealkylation sites (tertiary alicyclic amines) is 1. The molecular weight excluding hydrogens is 210 g/mol. The van der Waals surface area contributed by atoms with Crippen molar-refractivity contribution < 1.29 is 0 Å². The second kappa shape index (κ2) is 7.34. The molecule has 102 valence electrons. The van der Waals surface area contributed by atoms with Gasteiger partial charge in [0.15, 0.2) is 0 Å². The van der Waals surface area contributed by atoms with Gasteiger partial charge in [-0.2, -0.15) is 0 Å². The molecule has 1 saturated heterocycles. The lowest BCUT2D eigenvalue weighted by atomic mass is 10.1. The highest BCUT2D eigenvalue weighted by Gasteiger charge is 2.15. The van der Waals surface area contributed by atoms with E-state index < -0.39 is 0 Å². The SMILES string of the molecule is CC(CNCCNC(C)(C)C)N1CCCCC1. The average Bonchev–Trinajstić information content (AvgIpc) is 2.28. The van der Waals surface area contributed by atoms with Crippen LogP contribution in [0.15, 0.2) is 0 Å². The van der Waals surface area contributed by atoms with E-state index in [1.165, 1.54) is 32.4 Å². The van der Waals surface area contributed by atoms with E-state index in [0.29, 0.717) is 6.04 Å². The van der Waals surface area contributed by atoms with Crippen LogP contribution in [0.25, 0.3) is 0 Å². The minimum atomic E-state index is 0.236. The van der Waals surface area contributed by atoms with Crippen LogP contribution in [0.5, 0.6) is 0 Å². The molecule has 17 heavy (non-hydrogen) atoms. The zero-order valence-electron chi connectivity index (χ0n) is 12.2. The van der Waals surface area contributed by atoms with E-state index in [0.717, 1.165) is 19.6 Å². The van der Waals surface area contributed by atoms with Gasteiger partial charge in [-0.05, 0) is 53.6 Å². The molecule has 1 heterocycles. The van der Waals surface area contributed by atoms with Crippen LogP contribution in [-0.4, -0.2) is 49.2 Å². The minimum absolute atomic E-state index is 0.236. The zero-order chi connectivity index (χ0) is 12.7. The van der Waals surface area contributed by atoms with E-state index >= 15 is 0 Å². The number of hydrogen-bond acceptors (Lipinski definition) is 3. The van der Waals surface area contributed by atoms with Crippen molar-refractivity contribution >= 4 is 0 Å². The summed E-state index contributed by atoms with van der Waals surface area (Å²) in [7, 11) is 0. The summed E-state index contributed by atoms with van der Waals surface area (Å²) >= 11 is 0. The first-order valence-electron chi connectivity index (χ1n) is 7.19. The largest absolute Gasteiger partial charge is 0.314 e. The third kappa shape index (κ3) is 7.02. The van der Waals surface area contributed by atoms with Crippen LogP contribution in [-0.2, 0) is 0 Å². The molecule has 1 aliphatic heterocycles. The second-order valence-electron chi connectivity index (χ2n) is 6.33. The van der Waals surface area contributed by atoms with Crippen molar-refractivity contribution in [2.75, 3.05) is 32.7 Å². The Morgan fingerprint density at radius 1 is 1.06 bits per heavy atom. The van der Waals surface area contributed by atoms with E-state index in [2.05, 4.69) is 43.2 Å². The third-order valence-electron chi connectivity index (χ3n) is 3.41. The molecule has 0 radical (unpaired) electrons. The molecule has 3 heteroatoms. The number of rotatable bonds is 6. The molecule has 1 rings (SSSR count). The Balaban J connectivity index is 2.01. The van der Waals surface area contributed by atoms with Crippen LogP contribution >= 0.6 is 0 Å². The van der Waals surface area contributed by atoms with Gasteiger partial charge in [-0.3, -0.25) is 4.90 Å². The molecule has 0 aromatic heterocycles. The lowest BCUT2D eigenvalue weighted by molar-refractivity contribution is 0.171. The summed E-state index contributed by atoms with van der Waals surface area (Å²) in [5.74, 6) is 0. The molecule has 0 amide bonds. The van der Waals surface area contributed by atoms with E-state index in [1.54, 1.807) is 0 Å². The molecule has 0 aliphatic carbocycles. The summed E-state index contributed by atoms with van der Waals surface area (Å²) in [4.78, 5) is 2.62. The van der Waals surface area contributed by atoms with Gasteiger partial charge in [-0.25, -0.2) is 0 Å². The van der Waals surface area contributed by atoms with Crippen LogP contribution in [0.1, 0.15) is 47.0 Å². The van der Waals surface area contributed by atoms with Gasteiger partial charge in [0.1, 0.15) is 0 Å². The fraction of sp³-hybridized carbons (Fsp3) is 1.00. The van der Waals surface area contributed by atoms with Crippen molar-refractivity contribution in [2.24, 2.45) is 0 Å². The summed E-state index contributed by atoms with van der Waals surface area (Å²) in [6.07, 6.45) is 4.19. The van der Waals surface area contributed by atoms with Crippen molar-refractivity contribution in [1.82, 2.24) is 15.5 Å². The van der Waals surface area contributed by atoms with Gasteiger partial charge in [-0.15, -0.1) is 0 Å². The highest BCUT2D eigenvalue weighted by molar-refractivity contribution is 4.74. The Hall–Kier alpha value is -0.120. The van der Waals surface area contributed by atoms with Crippen LogP contribution < -0.4 is 10.6 Å². The maximum absolute atomic E-state index is 3.55. The number of hydrogen-bond donors (Lipinski definition) is 2. The molecule has 3 nitrogen and oxygen atoms in total. The Bertz CT molecular complexity index is 192. The Labute approximate surface area is 107 Å². The van der Waals surface area contributed by atoms with Gasteiger partial charge in [0.2, 0.25) is 0 Å². The number of piperidine rings is 1. The summed E-state index contributed by atoms with van der Waals surface area (Å²) < 4.78 is 0. The van der Waals surface area contributed by atoms with Crippen molar-refractivity contribution in [2.45, 2.75) is 58.5 Å². The summed E-state index contributed by atoms with van der Waals surface area (Å²) in [5.41, 5.74) is 0.236. The Kier molecular flexibility index (Phi) is 6.45. The monoisotopic (exact) mass is 241 g/mol. The van der Waals surface area contributed by atoms with Gasteiger partial charge in [0, 0.05) is 31.2 Å². The maximum atomic E-state index is 3.55. The predicted octanol–water partition coefficient (Wildman–Crippen LogP) is 1.84. The van der Waals surface area contributed by atoms with E-state index in [1.807, 2.05) is 0 Å². The maximum Gasteiger partial charge on any atom is 0.0192 e. The average molecular weight is 241 g/mol. The summed E-state index contributed by atoms with van der Waals surface area (Å²) in [6.45, 7) is 14.8. The standard InChI is InChI=1S/C14H31N3/c1-13(17-10-6-5-7-11-17)12-15-8-9-16-14(2,3)4/h13,15-16H,5-12H2,1-4H3. The molecule has 2 N–H and O–H groups in total. The predicted molar refractivity (Wildman–Crippen MR) is 75.5 cm³/mol. The van der Waals surface area contributed by atoms with Gasteiger partial charge < -0.3 is 10.6 Å². The van der Waals surface area contributed by atoms with Gasteiger partial charge in [-0.1, -0.05) is 6.42 Å². The lowest BCUT2D eigenvalue weighted by Gasteiger charge is -2.32. The van der Waals surface area contributed by atoms with E-state index in [-0.39, 0.29) is 5.54 Å². The zero-order valence-corrected chi connectivity index (χ0v) is 12.2. The van der Waals surface area contributed by atoms with Crippen molar-refractivity contribution in [3.05, 3.63) is 0 Å². The highest BCUT2D eigenvalue weighted by atomic mass is 15.2. The van der Waals surface area contributed by atoms with Crippen molar-refractivity contribution in [3.63, 3.8) is 0 Å². The second-order valence-corrected chi connectivity index (χ2v) is 6.33. The van der Waals surface area contributed by atoms with Crippen LogP contribution in [0.3, 0.4) is 0 Å². The Morgan fingerprint density at radius 3 is 2.29 bits per heavy atom. The molecule has 0 aromatic rings. The first kappa shape index (κ1) is 14.9. The molecule has 1 atom stereocenters. The molecule has 1 fully saturated rings. The highest BCUT2D eigenvalue weighted by Crippen LogP contribution is 2.11. The fourth-order valence-corrected chi connectivity index (χ4v) is 2.33. The number of nitrogens with zero attached hydrogens (tertiary/aromatic N) is 1. The van der Waals surface area contributed by atoms with Crippen molar-refractivity contribution in [3.8, 4) is 0 Å².